The van der Waals surface area contributed by atoms with Crippen LogP contribution < -0.4 is 5.32 Å². The molecule has 0 amide bonds. The van der Waals surface area contributed by atoms with Crippen molar-refractivity contribution in [2.75, 3.05) is 13.1 Å². The summed E-state index contributed by atoms with van der Waals surface area (Å²) >= 11 is 0. The zero-order valence-corrected chi connectivity index (χ0v) is 11.1. The van der Waals surface area contributed by atoms with Gasteiger partial charge in [0, 0.05) is 19.1 Å². The van der Waals surface area contributed by atoms with Crippen molar-refractivity contribution in [3.8, 4) is 0 Å². The molecular weight excluding hydrogens is 208 g/mol. The van der Waals surface area contributed by atoms with Gasteiger partial charge in [0.25, 0.3) is 0 Å². The van der Waals surface area contributed by atoms with E-state index in [9.17, 15) is 0 Å². The molecule has 2 nitrogen and oxygen atoms in total. The van der Waals surface area contributed by atoms with Crippen molar-refractivity contribution >= 4 is 0 Å². The molecule has 0 fully saturated rings. The fourth-order valence-electron chi connectivity index (χ4n) is 2.47. The number of fused-ring (bicyclic) bond motifs is 1. The minimum atomic E-state index is 0.673. The number of hydrogen-bond acceptors (Lipinski definition) is 2. The quantitative estimate of drug-likeness (QED) is 0.759. The van der Waals surface area contributed by atoms with E-state index in [4.69, 9.17) is 0 Å². The normalized spacial score (nSPS) is 17.1. The number of nitrogens with one attached hydrogen (secondary N) is 1. The Morgan fingerprint density at radius 3 is 2.41 bits per heavy atom. The molecule has 1 heterocycles. The highest BCUT2D eigenvalue weighted by Crippen LogP contribution is 2.24. The van der Waals surface area contributed by atoms with Gasteiger partial charge in [-0.05, 0) is 44.0 Å². The second-order valence-corrected chi connectivity index (χ2v) is 5.06. The molecule has 2 heteroatoms. The molecule has 1 aliphatic rings. The highest BCUT2D eigenvalue weighted by Gasteiger charge is 2.21. The first kappa shape index (κ1) is 12.6. The fourth-order valence-corrected chi connectivity index (χ4v) is 2.47. The lowest BCUT2D eigenvalue weighted by molar-refractivity contribution is 0.202. The van der Waals surface area contributed by atoms with Gasteiger partial charge >= 0.3 is 0 Å². The Morgan fingerprint density at radius 2 is 1.82 bits per heavy atom. The summed E-state index contributed by atoms with van der Waals surface area (Å²) in [5.74, 6) is 0. The van der Waals surface area contributed by atoms with Crippen LogP contribution in [0.5, 0.6) is 0 Å². The molecule has 1 unspecified atom stereocenters. The molecule has 0 saturated heterocycles. The summed E-state index contributed by atoms with van der Waals surface area (Å²) in [6.07, 6.45) is 2.47. The number of rotatable bonds is 6. The maximum absolute atomic E-state index is 3.48. The van der Waals surface area contributed by atoms with Crippen LogP contribution in [0.15, 0.2) is 24.3 Å². The molecule has 1 aliphatic heterocycles. The third-order valence-electron chi connectivity index (χ3n) is 3.65. The Bertz CT molecular complexity index is 324. The van der Waals surface area contributed by atoms with Gasteiger partial charge in [0.15, 0.2) is 0 Å². The van der Waals surface area contributed by atoms with Gasteiger partial charge in [-0.3, -0.25) is 4.90 Å². The van der Waals surface area contributed by atoms with E-state index in [0.717, 1.165) is 26.2 Å². The lowest BCUT2D eigenvalue weighted by Crippen LogP contribution is -2.31. The van der Waals surface area contributed by atoms with Crippen LogP contribution in [0.2, 0.25) is 0 Å². The predicted molar refractivity (Wildman–Crippen MR) is 72.9 cm³/mol. The molecule has 1 atom stereocenters. The van der Waals surface area contributed by atoms with Gasteiger partial charge in [0.05, 0.1) is 0 Å². The van der Waals surface area contributed by atoms with Gasteiger partial charge in [-0.2, -0.15) is 0 Å². The van der Waals surface area contributed by atoms with Gasteiger partial charge in [0.1, 0.15) is 0 Å². The van der Waals surface area contributed by atoms with Gasteiger partial charge in [0.2, 0.25) is 0 Å². The molecule has 0 radical (unpaired) electrons. The zero-order chi connectivity index (χ0) is 12.1. The molecule has 17 heavy (non-hydrogen) atoms. The molecule has 0 aliphatic carbocycles. The summed E-state index contributed by atoms with van der Waals surface area (Å²) < 4.78 is 0. The minimum Gasteiger partial charge on any atom is -0.317 e. The largest absolute Gasteiger partial charge is 0.317 e. The van der Waals surface area contributed by atoms with Crippen molar-refractivity contribution in [2.45, 2.75) is 45.8 Å². The van der Waals surface area contributed by atoms with Crippen molar-refractivity contribution < 1.29 is 0 Å². The van der Waals surface area contributed by atoms with E-state index in [1.54, 1.807) is 0 Å². The predicted octanol–water partition coefficient (Wildman–Crippen LogP) is 2.78. The van der Waals surface area contributed by atoms with Crippen LogP contribution in [-0.2, 0) is 13.1 Å². The molecule has 1 aromatic rings. The SMILES string of the molecule is CCCNCCC(C)N1Cc2ccccc2C1. The molecule has 0 saturated carbocycles. The first-order chi connectivity index (χ1) is 8.31. The van der Waals surface area contributed by atoms with Crippen LogP contribution >= 0.6 is 0 Å². The molecule has 0 bridgehead atoms. The van der Waals surface area contributed by atoms with Crippen molar-refractivity contribution in [1.82, 2.24) is 10.2 Å². The van der Waals surface area contributed by atoms with Crippen LogP contribution in [0, 0.1) is 0 Å². The van der Waals surface area contributed by atoms with Crippen molar-refractivity contribution in [2.24, 2.45) is 0 Å². The molecule has 2 rings (SSSR count). The summed E-state index contributed by atoms with van der Waals surface area (Å²) in [5.41, 5.74) is 3.03. The van der Waals surface area contributed by atoms with Gasteiger partial charge in [-0.25, -0.2) is 0 Å². The fraction of sp³-hybridized carbons (Fsp3) is 0.600. The van der Waals surface area contributed by atoms with E-state index in [0.29, 0.717) is 6.04 Å². The summed E-state index contributed by atoms with van der Waals surface area (Å²) in [5, 5.41) is 3.48. The number of nitrogens with zero attached hydrogens (tertiary/aromatic N) is 1. The van der Waals surface area contributed by atoms with E-state index in [1.165, 1.54) is 24.0 Å². The maximum atomic E-state index is 3.48. The monoisotopic (exact) mass is 232 g/mol. The molecular formula is C15H24N2. The average Bonchev–Trinajstić information content (AvgIpc) is 2.78. The average molecular weight is 232 g/mol. The van der Waals surface area contributed by atoms with E-state index < -0.39 is 0 Å². The van der Waals surface area contributed by atoms with Gasteiger partial charge < -0.3 is 5.32 Å². The smallest absolute Gasteiger partial charge is 0.0243 e. The molecule has 0 spiro atoms. The summed E-state index contributed by atoms with van der Waals surface area (Å²) in [4.78, 5) is 2.58. The summed E-state index contributed by atoms with van der Waals surface area (Å²) in [7, 11) is 0. The van der Waals surface area contributed by atoms with Crippen LogP contribution in [0.1, 0.15) is 37.8 Å². The van der Waals surface area contributed by atoms with Crippen LogP contribution in [0.25, 0.3) is 0 Å². The number of hydrogen-bond donors (Lipinski definition) is 1. The van der Waals surface area contributed by atoms with E-state index in [-0.39, 0.29) is 0 Å². The van der Waals surface area contributed by atoms with E-state index in [1.807, 2.05) is 0 Å². The molecule has 0 aromatic heterocycles. The Hall–Kier alpha value is -0.860. The third kappa shape index (κ3) is 3.30. The van der Waals surface area contributed by atoms with Crippen LogP contribution in [0.3, 0.4) is 0 Å². The van der Waals surface area contributed by atoms with Crippen LogP contribution in [0.4, 0.5) is 0 Å². The topological polar surface area (TPSA) is 15.3 Å². The number of benzene rings is 1. The standard InChI is InChI=1S/C15H24N2/c1-3-9-16-10-8-13(2)17-11-14-6-4-5-7-15(14)12-17/h4-7,13,16H,3,8-12H2,1-2H3. The molecule has 94 valence electrons. The lowest BCUT2D eigenvalue weighted by atomic mass is 10.1. The highest BCUT2D eigenvalue weighted by molar-refractivity contribution is 5.30. The van der Waals surface area contributed by atoms with Crippen molar-refractivity contribution in [3.63, 3.8) is 0 Å². The Morgan fingerprint density at radius 1 is 1.18 bits per heavy atom. The van der Waals surface area contributed by atoms with E-state index >= 15 is 0 Å². The van der Waals surface area contributed by atoms with Gasteiger partial charge in [-0.15, -0.1) is 0 Å². The Kier molecular flexibility index (Phi) is 4.57. The maximum Gasteiger partial charge on any atom is 0.0243 e. The lowest BCUT2D eigenvalue weighted by Gasteiger charge is -2.23. The van der Waals surface area contributed by atoms with Crippen molar-refractivity contribution in [3.05, 3.63) is 35.4 Å². The minimum absolute atomic E-state index is 0.673. The second-order valence-electron chi connectivity index (χ2n) is 5.06. The van der Waals surface area contributed by atoms with Gasteiger partial charge in [-0.1, -0.05) is 31.2 Å². The summed E-state index contributed by atoms with van der Waals surface area (Å²) in [6, 6.07) is 9.49. The first-order valence-electron chi connectivity index (χ1n) is 6.82. The third-order valence-corrected chi connectivity index (χ3v) is 3.65. The van der Waals surface area contributed by atoms with Crippen LogP contribution in [-0.4, -0.2) is 24.0 Å². The Balaban J connectivity index is 1.78. The Labute approximate surface area is 105 Å². The highest BCUT2D eigenvalue weighted by atomic mass is 15.2. The summed E-state index contributed by atoms with van der Waals surface area (Å²) in [6.45, 7) is 9.11. The van der Waals surface area contributed by atoms with E-state index in [2.05, 4.69) is 48.3 Å². The second kappa shape index (κ2) is 6.18. The molecule has 1 aromatic carbocycles. The zero-order valence-electron chi connectivity index (χ0n) is 11.1. The molecule has 1 N–H and O–H groups in total. The first-order valence-corrected chi connectivity index (χ1v) is 6.82. The van der Waals surface area contributed by atoms with Crippen molar-refractivity contribution in [1.29, 1.82) is 0 Å².